The van der Waals surface area contributed by atoms with Crippen molar-refractivity contribution < 1.29 is 4.74 Å². The molecule has 0 saturated carbocycles. The van der Waals surface area contributed by atoms with Crippen LogP contribution in [0.1, 0.15) is 0 Å². The summed E-state index contributed by atoms with van der Waals surface area (Å²) in [6.07, 6.45) is 0. The summed E-state index contributed by atoms with van der Waals surface area (Å²) in [4.78, 5) is 10.1. The summed E-state index contributed by atoms with van der Waals surface area (Å²) in [6, 6.07) is 55.0. The maximum absolute atomic E-state index is 6.31. The van der Waals surface area contributed by atoms with E-state index in [4.69, 9.17) is 14.7 Å². The molecule has 7 aromatic carbocycles. The molecule has 3 nitrogen and oxygen atoms in total. The van der Waals surface area contributed by atoms with Gasteiger partial charge in [0.15, 0.2) is 5.82 Å². The van der Waals surface area contributed by atoms with Crippen molar-refractivity contribution in [2.45, 2.75) is 0 Å². The quantitative estimate of drug-likeness (QED) is 0.210. The lowest BCUT2D eigenvalue weighted by molar-refractivity contribution is 0.487. The summed E-state index contributed by atoms with van der Waals surface area (Å²) in [5, 5.41) is 3.39. The third-order valence-corrected chi connectivity index (χ3v) is 8.70. The number of rotatable bonds is 4. The first-order chi connectivity index (χ1) is 22.3. The van der Waals surface area contributed by atoms with Gasteiger partial charge in [-0.1, -0.05) is 133 Å². The van der Waals surface area contributed by atoms with Gasteiger partial charge in [0.25, 0.3) is 0 Å². The molecular formula is C42H26N2O. The van der Waals surface area contributed by atoms with Gasteiger partial charge in [-0.15, -0.1) is 0 Å². The van der Waals surface area contributed by atoms with Gasteiger partial charge in [-0.25, -0.2) is 9.97 Å². The molecule has 1 aliphatic rings. The largest absolute Gasteiger partial charge is 0.456 e. The van der Waals surface area contributed by atoms with Crippen LogP contribution in [0.5, 0.6) is 11.5 Å². The fraction of sp³-hybridized carbons (Fsp3) is 0. The maximum atomic E-state index is 6.31. The van der Waals surface area contributed by atoms with E-state index in [9.17, 15) is 0 Å². The Labute approximate surface area is 261 Å². The summed E-state index contributed by atoms with van der Waals surface area (Å²) in [6.45, 7) is 0. The van der Waals surface area contributed by atoms with E-state index in [0.717, 1.165) is 55.9 Å². The summed E-state index contributed by atoms with van der Waals surface area (Å²) in [7, 11) is 0. The Morgan fingerprint density at radius 3 is 1.87 bits per heavy atom. The van der Waals surface area contributed by atoms with Crippen LogP contribution in [0.2, 0.25) is 0 Å². The minimum absolute atomic E-state index is 0.713. The Bertz CT molecular complexity index is 2370. The SMILES string of the molecule is c1ccc(-c2ccc(-c3nc(-c4ccc(-c5ccc6c(c5)-c5cccc7cccc(c57)O6)cc4)nc4ccccc34)cc2)cc1. The fourth-order valence-electron chi connectivity index (χ4n) is 6.43. The number of aromatic nitrogens is 2. The van der Waals surface area contributed by atoms with Gasteiger partial charge in [0.05, 0.1) is 11.2 Å². The third kappa shape index (κ3) is 4.37. The monoisotopic (exact) mass is 574 g/mol. The molecule has 0 unspecified atom stereocenters. The first-order valence-corrected chi connectivity index (χ1v) is 15.2. The number of benzene rings is 7. The number of hydrogen-bond acceptors (Lipinski definition) is 3. The molecule has 2 heterocycles. The van der Waals surface area contributed by atoms with Crippen LogP contribution in [-0.4, -0.2) is 9.97 Å². The zero-order valence-electron chi connectivity index (χ0n) is 24.3. The molecule has 0 fully saturated rings. The number of para-hydroxylation sites is 1. The summed E-state index contributed by atoms with van der Waals surface area (Å²) in [5.41, 5.74) is 10.9. The second-order valence-corrected chi connectivity index (χ2v) is 11.4. The molecule has 1 aliphatic heterocycles. The lowest BCUT2D eigenvalue weighted by Crippen LogP contribution is -1.97. The molecule has 0 bridgehead atoms. The highest BCUT2D eigenvalue weighted by molar-refractivity contribution is 6.04. The highest BCUT2D eigenvalue weighted by Gasteiger charge is 2.20. The highest BCUT2D eigenvalue weighted by Crippen LogP contribution is 2.47. The van der Waals surface area contributed by atoms with Gasteiger partial charge in [0.1, 0.15) is 11.5 Å². The highest BCUT2D eigenvalue weighted by atomic mass is 16.5. The van der Waals surface area contributed by atoms with Crippen molar-refractivity contribution in [1.29, 1.82) is 0 Å². The number of hydrogen-bond donors (Lipinski definition) is 0. The van der Waals surface area contributed by atoms with Crippen molar-refractivity contribution in [1.82, 2.24) is 9.97 Å². The van der Waals surface area contributed by atoms with Gasteiger partial charge in [-0.3, -0.25) is 0 Å². The molecule has 0 spiro atoms. The van der Waals surface area contributed by atoms with Crippen molar-refractivity contribution in [3.05, 3.63) is 158 Å². The molecule has 0 atom stereocenters. The van der Waals surface area contributed by atoms with Gasteiger partial charge in [0, 0.05) is 27.5 Å². The van der Waals surface area contributed by atoms with E-state index in [-0.39, 0.29) is 0 Å². The number of fused-ring (bicyclic) bond motifs is 3. The fourth-order valence-corrected chi connectivity index (χ4v) is 6.43. The lowest BCUT2D eigenvalue weighted by atomic mass is 9.92. The first kappa shape index (κ1) is 25.4. The van der Waals surface area contributed by atoms with Crippen molar-refractivity contribution >= 4 is 21.7 Å². The third-order valence-electron chi connectivity index (χ3n) is 8.70. The van der Waals surface area contributed by atoms with E-state index < -0.39 is 0 Å². The van der Waals surface area contributed by atoms with Crippen molar-refractivity contribution in [3.63, 3.8) is 0 Å². The molecule has 8 aromatic rings. The van der Waals surface area contributed by atoms with E-state index >= 15 is 0 Å². The van der Waals surface area contributed by atoms with E-state index in [2.05, 4.69) is 127 Å². The molecule has 45 heavy (non-hydrogen) atoms. The van der Waals surface area contributed by atoms with E-state index in [1.807, 2.05) is 30.3 Å². The molecule has 9 rings (SSSR count). The Morgan fingerprint density at radius 1 is 0.400 bits per heavy atom. The molecule has 0 saturated heterocycles. The standard InChI is InChI=1S/C42H26N2O/c1-2-8-27(9-3-1)28-16-20-31(21-17-28)41-35-12-4-5-14-37(35)43-42(44-41)32-22-18-29(19-23-32)33-24-25-38-36(26-33)34-13-6-10-30-11-7-15-39(45-38)40(30)34/h1-26H. The topological polar surface area (TPSA) is 35.0 Å². The average molecular weight is 575 g/mol. The molecule has 210 valence electrons. The van der Waals surface area contributed by atoms with Crippen LogP contribution in [-0.2, 0) is 0 Å². The smallest absolute Gasteiger partial charge is 0.160 e. The van der Waals surface area contributed by atoms with Gasteiger partial charge >= 0.3 is 0 Å². The molecular weight excluding hydrogens is 548 g/mol. The van der Waals surface area contributed by atoms with Crippen LogP contribution >= 0.6 is 0 Å². The molecule has 0 aliphatic carbocycles. The van der Waals surface area contributed by atoms with Crippen LogP contribution < -0.4 is 4.74 Å². The van der Waals surface area contributed by atoms with Gasteiger partial charge in [-0.2, -0.15) is 0 Å². The van der Waals surface area contributed by atoms with Crippen molar-refractivity contribution in [3.8, 4) is 67.5 Å². The molecule has 0 N–H and O–H groups in total. The van der Waals surface area contributed by atoms with E-state index in [1.54, 1.807) is 0 Å². The van der Waals surface area contributed by atoms with E-state index in [1.165, 1.54) is 27.5 Å². The predicted molar refractivity (Wildman–Crippen MR) is 184 cm³/mol. The second kappa shape index (κ2) is 10.3. The Hall–Kier alpha value is -6.06. The maximum Gasteiger partial charge on any atom is 0.160 e. The van der Waals surface area contributed by atoms with Crippen molar-refractivity contribution in [2.75, 3.05) is 0 Å². The minimum Gasteiger partial charge on any atom is -0.456 e. The average Bonchev–Trinajstić information content (AvgIpc) is 3.12. The van der Waals surface area contributed by atoms with Crippen molar-refractivity contribution in [2.24, 2.45) is 0 Å². The van der Waals surface area contributed by atoms with Gasteiger partial charge < -0.3 is 4.74 Å². The zero-order chi connectivity index (χ0) is 29.7. The summed E-state index contributed by atoms with van der Waals surface area (Å²) in [5.74, 6) is 2.51. The van der Waals surface area contributed by atoms with Crippen LogP contribution in [0.4, 0.5) is 0 Å². The zero-order valence-corrected chi connectivity index (χ0v) is 24.3. The Morgan fingerprint density at radius 2 is 1.04 bits per heavy atom. The second-order valence-electron chi connectivity index (χ2n) is 11.4. The molecule has 1 aromatic heterocycles. The summed E-state index contributed by atoms with van der Waals surface area (Å²) < 4.78 is 6.31. The number of ether oxygens (including phenoxy) is 1. The van der Waals surface area contributed by atoms with Gasteiger partial charge in [0.2, 0.25) is 0 Å². The molecule has 3 heteroatoms. The number of nitrogens with zero attached hydrogens (tertiary/aromatic N) is 2. The van der Waals surface area contributed by atoms with Crippen LogP contribution in [0, 0.1) is 0 Å². The molecule has 0 radical (unpaired) electrons. The Kier molecular flexibility index (Phi) is 5.82. The van der Waals surface area contributed by atoms with Crippen LogP contribution in [0.3, 0.4) is 0 Å². The van der Waals surface area contributed by atoms with Crippen LogP contribution in [0.15, 0.2) is 158 Å². The Balaban J connectivity index is 1.08. The summed E-state index contributed by atoms with van der Waals surface area (Å²) >= 11 is 0. The minimum atomic E-state index is 0.713. The van der Waals surface area contributed by atoms with E-state index in [0.29, 0.717) is 5.82 Å². The lowest BCUT2D eigenvalue weighted by Gasteiger charge is -2.22. The normalized spacial score (nSPS) is 11.7. The van der Waals surface area contributed by atoms with Gasteiger partial charge in [-0.05, 0) is 57.5 Å². The first-order valence-electron chi connectivity index (χ1n) is 15.2. The molecule has 0 amide bonds. The predicted octanol–water partition coefficient (Wildman–Crippen LogP) is 11.2. The van der Waals surface area contributed by atoms with Crippen LogP contribution in [0.25, 0.3) is 77.7 Å².